The molecule has 2 fully saturated rings. The van der Waals surface area contributed by atoms with E-state index in [4.69, 9.17) is 5.11 Å². The van der Waals surface area contributed by atoms with E-state index in [-0.39, 0.29) is 28.6 Å². The topological polar surface area (TPSA) is 54.4 Å². The van der Waals surface area contributed by atoms with E-state index in [1.807, 2.05) is 0 Å². The molecule has 0 amide bonds. The van der Waals surface area contributed by atoms with Crippen LogP contribution in [0.3, 0.4) is 0 Å². The van der Waals surface area contributed by atoms with Gasteiger partial charge in [0.1, 0.15) is 5.78 Å². The summed E-state index contributed by atoms with van der Waals surface area (Å²) in [6.07, 6.45) is 4.42. The summed E-state index contributed by atoms with van der Waals surface area (Å²) in [6.45, 7) is 8.02. The Morgan fingerprint density at radius 1 is 1.44 bits per heavy atom. The first-order chi connectivity index (χ1) is 8.36. The number of fused-ring (bicyclic) bond motifs is 1. The molecular formula is C15H22O3. The van der Waals surface area contributed by atoms with Crippen LogP contribution in [0.4, 0.5) is 0 Å². The van der Waals surface area contributed by atoms with Gasteiger partial charge >= 0.3 is 5.97 Å². The molecule has 2 rings (SSSR count). The zero-order valence-electron chi connectivity index (χ0n) is 11.2. The number of carboxylic acid groups (broad SMARTS) is 1. The zero-order valence-corrected chi connectivity index (χ0v) is 11.2. The third kappa shape index (κ3) is 2.00. The van der Waals surface area contributed by atoms with Gasteiger partial charge < -0.3 is 5.11 Å². The Morgan fingerprint density at radius 2 is 2.11 bits per heavy atom. The maximum absolute atomic E-state index is 12.3. The zero-order chi connectivity index (χ0) is 13.5. The summed E-state index contributed by atoms with van der Waals surface area (Å²) in [6, 6.07) is 0. The lowest BCUT2D eigenvalue weighted by molar-refractivity contribution is -0.139. The van der Waals surface area contributed by atoms with Crippen molar-refractivity contribution in [2.45, 2.75) is 46.0 Å². The quantitative estimate of drug-likeness (QED) is 0.766. The van der Waals surface area contributed by atoms with E-state index < -0.39 is 5.97 Å². The molecule has 0 bridgehead atoms. The van der Waals surface area contributed by atoms with Crippen molar-refractivity contribution in [2.24, 2.45) is 23.2 Å². The van der Waals surface area contributed by atoms with Gasteiger partial charge in [0, 0.05) is 17.9 Å². The summed E-state index contributed by atoms with van der Waals surface area (Å²) < 4.78 is 0. The molecule has 0 saturated heterocycles. The number of carbonyl (C=O) groups is 2. The Hall–Kier alpha value is -1.12. The van der Waals surface area contributed by atoms with E-state index in [9.17, 15) is 9.59 Å². The van der Waals surface area contributed by atoms with Crippen LogP contribution in [0.1, 0.15) is 46.0 Å². The summed E-state index contributed by atoms with van der Waals surface area (Å²) in [5.41, 5.74) is 0.178. The minimum Gasteiger partial charge on any atom is -0.478 e. The SMILES string of the molecule is C=C(C(=O)O)[C@@H]1CC(=O)[C@H]2CCC[C@H](C)[C@@]2(C)C1. The molecule has 3 heteroatoms. The van der Waals surface area contributed by atoms with Crippen LogP contribution < -0.4 is 0 Å². The first kappa shape index (κ1) is 13.3. The van der Waals surface area contributed by atoms with Gasteiger partial charge in [-0.2, -0.15) is 0 Å². The van der Waals surface area contributed by atoms with Gasteiger partial charge in [0.15, 0.2) is 0 Å². The summed E-state index contributed by atoms with van der Waals surface area (Å²) in [5.74, 6) is -0.249. The van der Waals surface area contributed by atoms with Crippen LogP contribution in [0.5, 0.6) is 0 Å². The van der Waals surface area contributed by atoms with Crippen molar-refractivity contribution in [1.82, 2.24) is 0 Å². The van der Waals surface area contributed by atoms with Crippen LogP contribution >= 0.6 is 0 Å². The maximum atomic E-state index is 12.3. The molecule has 2 aliphatic rings. The number of carbonyl (C=O) groups excluding carboxylic acids is 1. The van der Waals surface area contributed by atoms with Gasteiger partial charge in [0.2, 0.25) is 0 Å². The highest BCUT2D eigenvalue weighted by Gasteiger charge is 2.50. The van der Waals surface area contributed by atoms with E-state index >= 15 is 0 Å². The van der Waals surface area contributed by atoms with Crippen LogP contribution in [0.25, 0.3) is 0 Å². The van der Waals surface area contributed by atoms with Gasteiger partial charge in [-0.1, -0.05) is 33.3 Å². The van der Waals surface area contributed by atoms with Crippen molar-refractivity contribution in [1.29, 1.82) is 0 Å². The first-order valence-electron chi connectivity index (χ1n) is 6.81. The van der Waals surface area contributed by atoms with Crippen LogP contribution in [-0.2, 0) is 9.59 Å². The predicted molar refractivity (Wildman–Crippen MR) is 69.1 cm³/mol. The standard InChI is InChI=1S/C15H22O3/c1-9-5-4-6-12-13(16)7-11(8-15(9,12)3)10(2)14(17)18/h9,11-12H,2,4-8H2,1,3H3,(H,17,18)/t9-,11+,12+,15+/m0/s1. The van der Waals surface area contributed by atoms with Crippen molar-refractivity contribution in [3.63, 3.8) is 0 Å². The molecule has 2 saturated carbocycles. The van der Waals surface area contributed by atoms with E-state index in [2.05, 4.69) is 20.4 Å². The van der Waals surface area contributed by atoms with Gasteiger partial charge in [0.05, 0.1) is 0 Å². The van der Waals surface area contributed by atoms with E-state index in [0.717, 1.165) is 25.7 Å². The average Bonchev–Trinajstić information content (AvgIpc) is 2.30. The normalized spacial score (nSPS) is 40.1. The molecule has 0 heterocycles. The highest BCUT2D eigenvalue weighted by molar-refractivity contribution is 5.90. The minimum absolute atomic E-state index is 0.0311. The molecule has 0 spiro atoms. The lowest BCUT2D eigenvalue weighted by Gasteiger charge is -2.50. The Kier molecular flexibility index (Phi) is 3.35. The monoisotopic (exact) mass is 250 g/mol. The average molecular weight is 250 g/mol. The van der Waals surface area contributed by atoms with E-state index in [1.54, 1.807) is 0 Å². The molecule has 3 nitrogen and oxygen atoms in total. The Balaban J connectivity index is 2.26. The number of ketones is 1. The molecule has 0 radical (unpaired) electrons. The highest BCUT2D eigenvalue weighted by atomic mass is 16.4. The largest absolute Gasteiger partial charge is 0.478 e. The van der Waals surface area contributed by atoms with Crippen LogP contribution in [0.15, 0.2) is 12.2 Å². The number of carboxylic acids is 1. The second-order valence-corrected chi connectivity index (χ2v) is 6.29. The molecule has 18 heavy (non-hydrogen) atoms. The molecule has 0 aromatic carbocycles. The molecular weight excluding hydrogens is 228 g/mol. The molecule has 0 unspecified atom stereocenters. The summed E-state index contributed by atoms with van der Waals surface area (Å²) in [4.78, 5) is 23.3. The molecule has 0 aromatic heterocycles. The van der Waals surface area contributed by atoms with Crippen LogP contribution in [-0.4, -0.2) is 16.9 Å². The molecule has 2 aliphatic carbocycles. The fourth-order valence-electron chi connectivity index (χ4n) is 3.91. The molecule has 4 atom stereocenters. The maximum Gasteiger partial charge on any atom is 0.331 e. The second-order valence-electron chi connectivity index (χ2n) is 6.29. The summed E-state index contributed by atoms with van der Waals surface area (Å²) in [7, 11) is 0. The van der Waals surface area contributed by atoms with Crippen molar-refractivity contribution in [2.75, 3.05) is 0 Å². The lowest BCUT2D eigenvalue weighted by Crippen LogP contribution is -2.47. The third-order valence-electron chi connectivity index (χ3n) is 5.34. The van der Waals surface area contributed by atoms with Gasteiger partial charge in [-0.3, -0.25) is 4.79 Å². The minimum atomic E-state index is -0.960. The predicted octanol–water partition coefficient (Wildman–Crippen LogP) is 3.05. The van der Waals surface area contributed by atoms with Crippen molar-refractivity contribution in [3.8, 4) is 0 Å². The lowest BCUT2D eigenvalue weighted by atomic mass is 9.53. The molecule has 100 valence electrons. The number of hydrogen-bond acceptors (Lipinski definition) is 2. The summed E-state index contributed by atoms with van der Waals surface area (Å²) >= 11 is 0. The molecule has 1 N–H and O–H groups in total. The van der Waals surface area contributed by atoms with Crippen LogP contribution in [0, 0.1) is 23.2 Å². The van der Waals surface area contributed by atoms with Gasteiger partial charge in [0.25, 0.3) is 0 Å². The number of Topliss-reactive ketones (excluding diaryl/α,β-unsaturated/α-hetero) is 1. The van der Waals surface area contributed by atoms with E-state index in [0.29, 0.717) is 12.3 Å². The Bertz CT molecular complexity index is 399. The van der Waals surface area contributed by atoms with Crippen molar-refractivity contribution < 1.29 is 14.7 Å². The fourth-order valence-corrected chi connectivity index (χ4v) is 3.91. The number of rotatable bonds is 2. The first-order valence-corrected chi connectivity index (χ1v) is 6.81. The van der Waals surface area contributed by atoms with Crippen molar-refractivity contribution >= 4 is 11.8 Å². The van der Waals surface area contributed by atoms with Gasteiger partial charge in [-0.15, -0.1) is 0 Å². The third-order valence-corrected chi connectivity index (χ3v) is 5.34. The molecule has 0 aliphatic heterocycles. The summed E-state index contributed by atoms with van der Waals surface area (Å²) in [5, 5.41) is 9.06. The smallest absolute Gasteiger partial charge is 0.331 e. The van der Waals surface area contributed by atoms with E-state index in [1.165, 1.54) is 0 Å². The Labute approximate surface area is 108 Å². The van der Waals surface area contributed by atoms with Gasteiger partial charge in [-0.05, 0) is 30.1 Å². The van der Waals surface area contributed by atoms with Crippen LogP contribution in [0.2, 0.25) is 0 Å². The fraction of sp³-hybridized carbons (Fsp3) is 0.733. The number of aliphatic carboxylic acids is 1. The molecule has 0 aromatic rings. The van der Waals surface area contributed by atoms with Crippen molar-refractivity contribution in [3.05, 3.63) is 12.2 Å². The second kappa shape index (κ2) is 4.52. The highest BCUT2D eigenvalue weighted by Crippen LogP contribution is 2.54. The Morgan fingerprint density at radius 3 is 2.72 bits per heavy atom. The van der Waals surface area contributed by atoms with Gasteiger partial charge in [-0.25, -0.2) is 4.79 Å². The number of hydrogen-bond donors (Lipinski definition) is 1.